The summed E-state index contributed by atoms with van der Waals surface area (Å²) in [6, 6.07) is 13.4. The van der Waals surface area contributed by atoms with E-state index in [9.17, 15) is 4.39 Å². The van der Waals surface area contributed by atoms with E-state index in [1.165, 1.54) is 17.2 Å². The highest BCUT2D eigenvalue weighted by Crippen LogP contribution is 2.21. The van der Waals surface area contributed by atoms with Gasteiger partial charge >= 0.3 is 0 Å². The second kappa shape index (κ2) is 5.02. The Labute approximate surface area is 112 Å². The van der Waals surface area contributed by atoms with E-state index in [1.807, 2.05) is 0 Å². The maximum Gasteiger partial charge on any atom is 0.129 e. The van der Waals surface area contributed by atoms with Crippen molar-refractivity contribution in [1.29, 1.82) is 0 Å². The lowest BCUT2D eigenvalue weighted by Crippen LogP contribution is -2.30. The van der Waals surface area contributed by atoms with Gasteiger partial charge in [-0.1, -0.05) is 30.3 Å². The number of hydrogen-bond donors (Lipinski definition) is 1. The normalized spacial score (nSPS) is 15.2. The van der Waals surface area contributed by atoms with E-state index < -0.39 is 0 Å². The van der Waals surface area contributed by atoms with Crippen molar-refractivity contribution in [2.75, 3.05) is 12.3 Å². The highest BCUT2D eigenvalue weighted by molar-refractivity contribution is 5.40. The zero-order valence-electron chi connectivity index (χ0n) is 10.8. The highest BCUT2D eigenvalue weighted by Gasteiger charge is 2.16. The monoisotopic (exact) mass is 256 g/mol. The van der Waals surface area contributed by atoms with E-state index in [0.29, 0.717) is 17.8 Å². The Bertz CT molecular complexity index is 595. The van der Waals surface area contributed by atoms with Crippen molar-refractivity contribution < 1.29 is 4.39 Å². The van der Waals surface area contributed by atoms with Crippen molar-refractivity contribution in [1.82, 2.24) is 4.90 Å². The molecular formula is C16H17FN2. The first-order chi connectivity index (χ1) is 9.22. The SMILES string of the molecule is Nc1ccc(CN2CCc3ccccc3C2)c(F)c1. The van der Waals surface area contributed by atoms with Crippen molar-refractivity contribution in [3.63, 3.8) is 0 Å². The highest BCUT2D eigenvalue weighted by atomic mass is 19.1. The number of halogens is 1. The molecule has 1 aliphatic heterocycles. The smallest absolute Gasteiger partial charge is 0.129 e. The fourth-order valence-corrected chi connectivity index (χ4v) is 2.62. The van der Waals surface area contributed by atoms with Gasteiger partial charge in [-0.2, -0.15) is 0 Å². The van der Waals surface area contributed by atoms with Crippen LogP contribution in [0.25, 0.3) is 0 Å². The van der Waals surface area contributed by atoms with Crippen LogP contribution in [-0.2, 0) is 19.5 Å². The first kappa shape index (κ1) is 12.2. The van der Waals surface area contributed by atoms with Crippen LogP contribution in [0.4, 0.5) is 10.1 Å². The van der Waals surface area contributed by atoms with Crippen molar-refractivity contribution in [2.45, 2.75) is 19.5 Å². The summed E-state index contributed by atoms with van der Waals surface area (Å²) in [5.41, 5.74) is 9.53. The summed E-state index contributed by atoms with van der Waals surface area (Å²) in [7, 11) is 0. The second-order valence-electron chi connectivity index (χ2n) is 5.08. The lowest BCUT2D eigenvalue weighted by atomic mass is 9.99. The van der Waals surface area contributed by atoms with Gasteiger partial charge in [-0.05, 0) is 29.7 Å². The summed E-state index contributed by atoms with van der Waals surface area (Å²) in [6.45, 7) is 2.50. The largest absolute Gasteiger partial charge is 0.399 e. The predicted octanol–water partition coefficient (Wildman–Crippen LogP) is 2.97. The molecule has 0 saturated heterocycles. The molecule has 0 spiro atoms. The van der Waals surface area contributed by atoms with E-state index in [1.54, 1.807) is 12.1 Å². The Hall–Kier alpha value is -1.87. The molecule has 0 unspecified atom stereocenters. The Balaban J connectivity index is 1.75. The molecule has 98 valence electrons. The van der Waals surface area contributed by atoms with Gasteiger partial charge in [-0.25, -0.2) is 4.39 Å². The average Bonchev–Trinajstić information content (AvgIpc) is 2.42. The van der Waals surface area contributed by atoms with Crippen LogP contribution in [0.15, 0.2) is 42.5 Å². The van der Waals surface area contributed by atoms with Gasteiger partial charge < -0.3 is 5.73 Å². The third kappa shape index (κ3) is 2.61. The predicted molar refractivity (Wildman–Crippen MR) is 75.1 cm³/mol. The molecule has 0 amide bonds. The Morgan fingerprint density at radius 3 is 2.68 bits per heavy atom. The fourth-order valence-electron chi connectivity index (χ4n) is 2.62. The number of rotatable bonds is 2. The molecule has 0 bridgehead atoms. The topological polar surface area (TPSA) is 29.3 Å². The molecular weight excluding hydrogens is 239 g/mol. The van der Waals surface area contributed by atoms with Crippen molar-refractivity contribution in [3.8, 4) is 0 Å². The number of nitrogen functional groups attached to an aromatic ring is 1. The van der Waals surface area contributed by atoms with E-state index in [-0.39, 0.29) is 5.82 Å². The minimum absolute atomic E-state index is 0.209. The van der Waals surface area contributed by atoms with Gasteiger partial charge in [0.05, 0.1) is 0 Å². The van der Waals surface area contributed by atoms with Crippen LogP contribution in [0, 0.1) is 5.82 Å². The first-order valence-electron chi connectivity index (χ1n) is 6.55. The number of nitrogens with two attached hydrogens (primary N) is 1. The van der Waals surface area contributed by atoms with E-state index >= 15 is 0 Å². The van der Waals surface area contributed by atoms with Gasteiger partial charge in [0.1, 0.15) is 5.82 Å². The molecule has 0 atom stereocenters. The maximum atomic E-state index is 13.8. The van der Waals surface area contributed by atoms with Gasteiger partial charge in [0.25, 0.3) is 0 Å². The van der Waals surface area contributed by atoms with Gasteiger partial charge in [0, 0.05) is 30.9 Å². The molecule has 0 fully saturated rings. The molecule has 0 radical (unpaired) electrons. The lowest BCUT2D eigenvalue weighted by Gasteiger charge is -2.28. The quantitative estimate of drug-likeness (QED) is 0.837. The molecule has 3 rings (SSSR count). The van der Waals surface area contributed by atoms with E-state index in [4.69, 9.17) is 5.73 Å². The number of nitrogens with zero attached hydrogens (tertiary/aromatic N) is 1. The molecule has 0 saturated carbocycles. The third-order valence-corrected chi connectivity index (χ3v) is 3.68. The van der Waals surface area contributed by atoms with Crippen LogP contribution in [-0.4, -0.2) is 11.4 Å². The number of fused-ring (bicyclic) bond motifs is 1. The molecule has 0 aliphatic carbocycles. The van der Waals surface area contributed by atoms with Crippen molar-refractivity contribution >= 4 is 5.69 Å². The average molecular weight is 256 g/mol. The number of hydrogen-bond acceptors (Lipinski definition) is 2. The second-order valence-corrected chi connectivity index (χ2v) is 5.08. The molecule has 2 aromatic carbocycles. The van der Waals surface area contributed by atoms with Crippen LogP contribution >= 0.6 is 0 Å². The van der Waals surface area contributed by atoms with Gasteiger partial charge in [0.15, 0.2) is 0 Å². The fraction of sp³-hybridized carbons (Fsp3) is 0.250. The number of benzene rings is 2. The van der Waals surface area contributed by atoms with Gasteiger partial charge in [-0.3, -0.25) is 4.90 Å². The lowest BCUT2D eigenvalue weighted by molar-refractivity contribution is 0.242. The van der Waals surface area contributed by atoms with Crippen LogP contribution in [0.1, 0.15) is 16.7 Å². The summed E-state index contributed by atoms with van der Waals surface area (Å²) in [5, 5.41) is 0. The van der Waals surface area contributed by atoms with E-state index in [0.717, 1.165) is 19.5 Å². The Morgan fingerprint density at radius 1 is 1.11 bits per heavy atom. The first-order valence-corrected chi connectivity index (χ1v) is 6.55. The number of anilines is 1. The minimum atomic E-state index is -0.209. The molecule has 3 heteroatoms. The molecule has 2 nitrogen and oxygen atoms in total. The summed E-state index contributed by atoms with van der Waals surface area (Å²) >= 11 is 0. The molecule has 1 aliphatic rings. The van der Waals surface area contributed by atoms with E-state index in [2.05, 4.69) is 29.2 Å². The van der Waals surface area contributed by atoms with Crippen LogP contribution < -0.4 is 5.73 Å². The zero-order chi connectivity index (χ0) is 13.2. The summed E-state index contributed by atoms with van der Waals surface area (Å²) < 4.78 is 13.8. The standard InChI is InChI=1S/C16H17FN2/c17-16-9-15(18)6-5-14(16)11-19-8-7-12-3-1-2-4-13(12)10-19/h1-6,9H,7-8,10-11,18H2. The third-order valence-electron chi connectivity index (χ3n) is 3.68. The Morgan fingerprint density at radius 2 is 1.89 bits per heavy atom. The van der Waals surface area contributed by atoms with Crippen molar-refractivity contribution in [3.05, 3.63) is 65.0 Å². The summed E-state index contributed by atoms with van der Waals surface area (Å²) in [4.78, 5) is 2.27. The van der Waals surface area contributed by atoms with Crippen LogP contribution in [0.2, 0.25) is 0 Å². The van der Waals surface area contributed by atoms with Crippen molar-refractivity contribution in [2.24, 2.45) is 0 Å². The molecule has 2 N–H and O–H groups in total. The summed E-state index contributed by atoms with van der Waals surface area (Å²) in [6.07, 6.45) is 1.03. The van der Waals surface area contributed by atoms with Crippen LogP contribution in [0.5, 0.6) is 0 Å². The molecule has 1 heterocycles. The summed E-state index contributed by atoms with van der Waals surface area (Å²) in [5.74, 6) is -0.209. The minimum Gasteiger partial charge on any atom is -0.399 e. The maximum absolute atomic E-state index is 13.8. The van der Waals surface area contributed by atoms with Gasteiger partial charge in [0.2, 0.25) is 0 Å². The van der Waals surface area contributed by atoms with Crippen LogP contribution in [0.3, 0.4) is 0 Å². The molecule has 2 aromatic rings. The molecule has 19 heavy (non-hydrogen) atoms. The molecule has 0 aromatic heterocycles. The Kier molecular flexibility index (Phi) is 3.22. The zero-order valence-corrected chi connectivity index (χ0v) is 10.8. The van der Waals surface area contributed by atoms with Gasteiger partial charge in [-0.15, -0.1) is 0 Å².